The van der Waals surface area contributed by atoms with E-state index in [1.54, 1.807) is 11.3 Å². The number of aromatic amines is 1. The summed E-state index contributed by atoms with van der Waals surface area (Å²) in [4.78, 5) is 7.62. The molecule has 0 saturated carbocycles. The lowest BCUT2D eigenvalue weighted by molar-refractivity contribution is 0.566. The van der Waals surface area contributed by atoms with E-state index in [9.17, 15) is 0 Å². The molecule has 0 aliphatic rings. The minimum absolute atomic E-state index is 0.282. The normalized spacial score (nSPS) is 12.9. The van der Waals surface area contributed by atoms with Gasteiger partial charge in [0.1, 0.15) is 0 Å². The van der Waals surface area contributed by atoms with Crippen molar-refractivity contribution >= 4 is 22.2 Å². The zero-order valence-electron chi connectivity index (χ0n) is 10.2. The van der Waals surface area contributed by atoms with Crippen molar-refractivity contribution in [2.24, 2.45) is 0 Å². The number of aromatic nitrogens is 2. The van der Waals surface area contributed by atoms with Crippen LogP contribution in [-0.4, -0.2) is 9.97 Å². The highest BCUT2D eigenvalue weighted by Crippen LogP contribution is 2.19. The number of fused-ring (bicyclic) bond motifs is 1. The molecule has 0 saturated heterocycles. The van der Waals surface area contributed by atoms with E-state index in [2.05, 4.69) is 52.0 Å². The fraction of sp³-hybridized carbons (Fsp3) is 0.214. The van der Waals surface area contributed by atoms with Crippen LogP contribution >= 0.6 is 11.3 Å². The van der Waals surface area contributed by atoms with Gasteiger partial charge in [0.25, 0.3) is 0 Å². The summed E-state index contributed by atoms with van der Waals surface area (Å²) in [6, 6.07) is 8.65. The quantitative estimate of drug-likeness (QED) is 0.751. The molecule has 0 aliphatic carbocycles. The molecule has 0 aliphatic heterocycles. The predicted molar refractivity (Wildman–Crippen MR) is 75.7 cm³/mol. The molecule has 18 heavy (non-hydrogen) atoms. The number of benzene rings is 1. The van der Waals surface area contributed by atoms with Crippen LogP contribution in [0.4, 0.5) is 0 Å². The lowest BCUT2D eigenvalue weighted by atomic mass is 10.1. The van der Waals surface area contributed by atoms with Gasteiger partial charge in [0.2, 0.25) is 0 Å². The maximum absolute atomic E-state index is 4.33. The first kappa shape index (κ1) is 11.4. The monoisotopic (exact) mass is 257 g/mol. The fourth-order valence-corrected chi connectivity index (χ4v) is 2.73. The van der Waals surface area contributed by atoms with E-state index in [1.807, 2.05) is 11.6 Å². The number of nitrogens with zero attached hydrogens (tertiary/aromatic N) is 1. The first-order valence-corrected chi connectivity index (χ1v) is 6.95. The van der Waals surface area contributed by atoms with Gasteiger partial charge in [-0.2, -0.15) is 0 Å². The number of hydrogen-bond donors (Lipinski definition) is 2. The second kappa shape index (κ2) is 4.92. The molecule has 0 bridgehead atoms. The van der Waals surface area contributed by atoms with E-state index >= 15 is 0 Å². The molecule has 1 atom stereocenters. The highest BCUT2D eigenvalue weighted by molar-refractivity contribution is 7.07. The van der Waals surface area contributed by atoms with Crippen LogP contribution in [0.25, 0.3) is 10.9 Å². The lowest BCUT2D eigenvalue weighted by Crippen LogP contribution is -2.18. The van der Waals surface area contributed by atoms with Crippen LogP contribution in [0, 0.1) is 0 Å². The van der Waals surface area contributed by atoms with Gasteiger partial charge in [0.05, 0.1) is 11.2 Å². The van der Waals surface area contributed by atoms with Crippen LogP contribution in [-0.2, 0) is 6.54 Å². The molecule has 1 aromatic carbocycles. The van der Waals surface area contributed by atoms with Gasteiger partial charge in [-0.05, 0) is 18.6 Å². The first-order chi connectivity index (χ1) is 8.84. The summed E-state index contributed by atoms with van der Waals surface area (Å²) in [5.74, 6) is 0. The molecular formula is C14H15N3S. The standard InChI is InChI=1S/C14H15N3S/c1-10(14-8-18-9-17-14)15-6-11-7-16-13-5-3-2-4-12(11)13/h2-5,7-10,15-16H,6H2,1H3/t10-/m1/s1. The van der Waals surface area contributed by atoms with E-state index in [0.717, 1.165) is 12.2 Å². The third-order valence-electron chi connectivity index (χ3n) is 3.17. The molecule has 4 heteroatoms. The van der Waals surface area contributed by atoms with Crippen molar-refractivity contribution in [3.05, 3.63) is 52.6 Å². The summed E-state index contributed by atoms with van der Waals surface area (Å²) in [5, 5.41) is 6.88. The molecule has 0 fully saturated rings. The Hall–Kier alpha value is -1.65. The van der Waals surface area contributed by atoms with Gasteiger partial charge >= 0.3 is 0 Å². The van der Waals surface area contributed by atoms with E-state index in [0.29, 0.717) is 0 Å². The van der Waals surface area contributed by atoms with Crippen LogP contribution in [0.3, 0.4) is 0 Å². The maximum Gasteiger partial charge on any atom is 0.0795 e. The molecule has 2 aromatic heterocycles. The fourth-order valence-electron chi connectivity index (χ4n) is 2.08. The van der Waals surface area contributed by atoms with Crippen molar-refractivity contribution in [1.29, 1.82) is 0 Å². The number of rotatable bonds is 4. The summed E-state index contributed by atoms with van der Waals surface area (Å²) in [5.41, 5.74) is 5.47. The van der Waals surface area contributed by atoms with Gasteiger partial charge in [-0.15, -0.1) is 11.3 Å². The number of para-hydroxylation sites is 1. The third-order valence-corrected chi connectivity index (χ3v) is 3.77. The SMILES string of the molecule is C[C@@H](NCc1c[nH]c2ccccc12)c1cscn1. The molecule has 0 radical (unpaired) electrons. The van der Waals surface area contributed by atoms with Gasteiger partial charge in [0, 0.05) is 35.1 Å². The molecule has 3 rings (SSSR count). The van der Waals surface area contributed by atoms with E-state index in [4.69, 9.17) is 0 Å². The summed E-state index contributed by atoms with van der Waals surface area (Å²) in [6.07, 6.45) is 2.07. The molecular weight excluding hydrogens is 242 g/mol. The Morgan fingerprint density at radius 3 is 3.11 bits per heavy atom. The average molecular weight is 257 g/mol. The van der Waals surface area contributed by atoms with Gasteiger partial charge in [-0.3, -0.25) is 0 Å². The molecule has 3 aromatic rings. The van der Waals surface area contributed by atoms with Crippen LogP contribution in [0.1, 0.15) is 24.2 Å². The Labute approximate surface area is 110 Å². The third kappa shape index (κ3) is 2.17. The second-order valence-corrected chi connectivity index (χ2v) is 5.09. The summed E-state index contributed by atoms with van der Waals surface area (Å²) < 4.78 is 0. The Balaban J connectivity index is 1.73. The van der Waals surface area contributed by atoms with Gasteiger partial charge < -0.3 is 10.3 Å². The molecule has 3 nitrogen and oxygen atoms in total. The number of hydrogen-bond acceptors (Lipinski definition) is 3. The molecule has 0 unspecified atom stereocenters. The Morgan fingerprint density at radius 1 is 1.39 bits per heavy atom. The predicted octanol–water partition coefficient (Wildman–Crippen LogP) is 3.48. The second-order valence-electron chi connectivity index (χ2n) is 4.38. The van der Waals surface area contributed by atoms with Gasteiger partial charge in [-0.1, -0.05) is 18.2 Å². The molecule has 92 valence electrons. The molecule has 0 amide bonds. The van der Waals surface area contributed by atoms with Crippen molar-refractivity contribution in [3.63, 3.8) is 0 Å². The lowest BCUT2D eigenvalue weighted by Gasteiger charge is -2.10. The minimum atomic E-state index is 0.282. The van der Waals surface area contributed by atoms with Crippen molar-refractivity contribution in [2.75, 3.05) is 0 Å². The number of H-pyrrole nitrogens is 1. The molecule has 2 N–H and O–H groups in total. The van der Waals surface area contributed by atoms with Crippen LogP contribution in [0.5, 0.6) is 0 Å². The van der Waals surface area contributed by atoms with Crippen molar-refractivity contribution in [3.8, 4) is 0 Å². The Bertz CT molecular complexity index is 627. The summed E-state index contributed by atoms with van der Waals surface area (Å²) in [7, 11) is 0. The van der Waals surface area contributed by atoms with Crippen molar-refractivity contribution in [1.82, 2.24) is 15.3 Å². The van der Waals surface area contributed by atoms with Crippen molar-refractivity contribution < 1.29 is 0 Å². The number of nitrogens with one attached hydrogen (secondary N) is 2. The van der Waals surface area contributed by atoms with E-state index in [1.165, 1.54) is 16.5 Å². The summed E-state index contributed by atoms with van der Waals surface area (Å²) in [6.45, 7) is 2.99. The molecule has 2 heterocycles. The topological polar surface area (TPSA) is 40.7 Å². The van der Waals surface area contributed by atoms with Crippen LogP contribution < -0.4 is 5.32 Å². The molecule has 0 spiro atoms. The van der Waals surface area contributed by atoms with E-state index in [-0.39, 0.29) is 6.04 Å². The number of thiazole rings is 1. The zero-order valence-corrected chi connectivity index (χ0v) is 11.0. The average Bonchev–Trinajstić information content (AvgIpc) is 3.06. The largest absolute Gasteiger partial charge is 0.361 e. The van der Waals surface area contributed by atoms with Gasteiger partial charge in [-0.25, -0.2) is 4.98 Å². The van der Waals surface area contributed by atoms with E-state index < -0.39 is 0 Å². The smallest absolute Gasteiger partial charge is 0.0795 e. The van der Waals surface area contributed by atoms with Crippen LogP contribution in [0.15, 0.2) is 41.4 Å². The minimum Gasteiger partial charge on any atom is -0.361 e. The first-order valence-electron chi connectivity index (χ1n) is 6.01. The highest BCUT2D eigenvalue weighted by Gasteiger charge is 2.08. The van der Waals surface area contributed by atoms with Gasteiger partial charge in [0.15, 0.2) is 0 Å². The Kier molecular flexibility index (Phi) is 3.13. The Morgan fingerprint density at radius 2 is 2.28 bits per heavy atom. The summed E-state index contributed by atoms with van der Waals surface area (Å²) >= 11 is 1.64. The van der Waals surface area contributed by atoms with Crippen molar-refractivity contribution in [2.45, 2.75) is 19.5 Å². The van der Waals surface area contributed by atoms with Crippen LogP contribution in [0.2, 0.25) is 0 Å². The highest BCUT2D eigenvalue weighted by atomic mass is 32.1. The zero-order chi connectivity index (χ0) is 12.4. The maximum atomic E-state index is 4.33.